The minimum absolute atomic E-state index is 0.107. The summed E-state index contributed by atoms with van der Waals surface area (Å²) in [6, 6.07) is 11.3. The number of carbonyl (C=O) groups excluding carboxylic acids is 1. The Kier molecular flexibility index (Phi) is 4.52. The number of ether oxygens (including phenoxy) is 1. The van der Waals surface area contributed by atoms with Gasteiger partial charge in [0, 0.05) is 10.7 Å². The van der Waals surface area contributed by atoms with Crippen molar-refractivity contribution in [3.05, 3.63) is 52.6 Å². The zero-order valence-electron chi connectivity index (χ0n) is 10.4. The molecule has 0 fully saturated rings. The lowest BCUT2D eigenvalue weighted by atomic mass is 10.1. The minimum Gasteiger partial charge on any atom is -0.480 e. The van der Waals surface area contributed by atoms with E-state index in [4.69, 9.17) is 4.74 Å². The highest BCUT2D eigenvalue weighted by Gasteiger charge is 2.09. The highest BCUT2D eigenvalue weighted by molar-refractivity contribution is 9.10. The standard InChI is InChI=1S/C14H13BrN2O2/c1-19-14-12(8-11(15)9-16-14)17-13(18)7-10-5-3-2-4-6-10/h2-6,8-9H,7H2,1H3,(H,17,18). The summed E-state index contributed by atoms with van der Waals surface area (Å²) in [6.45, 7) is 0. The van der Waals surface area contributed by atoms with Gasteiger partial charge in [-0.3, -0.25) is 4.79 Å². The maximum atomic E-state index is 12.0. The maximum absolute atomic E-state index is 12.0. The summed E-state index contributed by atoms with van der Waals surface area (Å²) in [6.07, 6.45) is 1.93. The van der Waals surface area contributed by atoms with E-state index in [1.54, 1.807) is 12.3 Å². The lowest BCUT2D eigenvalue weighted by Crippen LogP contribution is -2.15. The molecular weight excluding hydrogens is 308 g/mol. The molecule has 2 rings (SSSR count). The number of anilines is 1. The summed E-state index contributed by atoms with van der Waals surface area (Å²) < 4.78 is 5.89. The fourth-order valence-corrected chi connectivity index (χ4v) is 1.99. The lowest BCUT2D eigenvalue weighted by molar-refractivity contribution is -0.115. The van der Waals surface area contributed by atoms with Crippen molar-refractivity contribution >= 4 is 27.5 Å². The molecule has 98 valence electrons. The number of hydrogen-bond donors (Lipinski definition) is 1. The van der Waals surface area contributed by atoms with Gasteiger partial charge in [-0.2, -0.15) is 0 Å². The Labute approximate surface area is 119 Å². The number of amides is 1. The smallest absolute Gasteiger partial charge is 0.237 e. The molecule has 2 aromatic rings. The Morgan fingerprint density at radius 1 is 1.37 bits per heavy atom. The Hall–Kier alpha value is -1.88. The Morgan fingerprint density at radius 2 is 2.11 bits per heavy atom. The van der Waals surface area contributed by atoms with Crippen molar-refractivity contribution in [3.63, 3.8) is 0 Å². The van der Waals surface area contributed by atoms with Crippen molar-refractivity contribution in [2.75, 3.05) is 12.4 Å². The van der Waals surface area contributed by atoms with E-state index in [1.807, 2.05) is 30.3 Å². The first-order chi connectivity index (χ1) is 9.19. The zero-order chi connectivity index (χ0) is 13.7. The number of hydrogen-bond acceptors (Lipinski definition) is 3. The van der Waals surface area contributed by atoms with Crippen molar-refractivity contribution in [2.45, 2.75) is 6.42 Å². The maximum Gasteiger partial charge on any atom is 0.237 e. The molecule has 0 radical (unpaired) electrons. The molecule has 19 heavy (non-hydrogen) atoms. The van der Waals surface area contributed by atoms with Gasteiger partial charge in [0.2, 0.25) is 11.8 Å². The highest BCUT2D eigenvalue weighted by atomic mass is 79.9. The molecule has 0 spiro atoms. The van der Waals surface area contributed by atoms with Crippen LogP contribution in [0.1, 0.15) is 5.56 Å². The first-order valence-corrected chi connectivity index (χ1v) is 6.51. The van der Waals surface area contributed by atoms with E-state index >= 15 is 0 Å². The third-order valence-corrected chi connectivity index (χ3v) is 2.93. The van der Waals surface area contributed by atoms with Crippen LogP contribution in [0.15, 0.2) is 47.1 Å². The zero-order valence-corrected chi connectivity index (χ0v) is 12.0. The fraction of sp³-hybridized carbons (Fsp3) is 0.143. The third-order valence-electron chi connectivity index (χ3n) is 2.49. The number of pyridine rings is 1. The number of nitrogens with one attached hydrogen (secondary N) is 1. The topological polar surface area (TPSA) is 51.2 Å². The second-order valence-corrected chi connectivity index (χ2v) is 4.84. The second kappa shape index (κ2) is 6.33. The monoisotopic (exact) mass is 320 g/mol. The van der Waals surface area contributed by atoms with Gasteiger partial charge < -0.3 is 10.1 Å². The second-order valence-electron chi connectivity index (χ2n) is 3.92. The molecule has 0 aliphatic heterocycles. The van der Waals surface area contributed by atoms with Crippen LogP contribution in [0.2, 0.25) is 0 Å². The molecule has 1 aromatic carbocycles. The summed E-state index contributed by atoms with van der Waals surface area (Å²) in [4.78, 5) is 16.0. The number of halogens is 1. The molecule has 0 aliphatic carbocycles. The van der Waals surface area contributed by atoms with Gasteiger partial charge in [-0.05, 0) is 27.6 Å². The SMILES string of the molecule is COc1ncc(Br)cc1NC(=O)Cc1ccccc1. The normalized spacial score (nSPS) is 10.0. The molecule has 4 nitrogen and oxygen atoms in total. The quantitative estimate of drug-likeness (QED) is 0.942. The molecule has 0 atom stereocenters. The molecule has 1 heterocycles. The number of aromatic nitrogens is 1. The summed E-state index contributed by atoms with van der Waals surface area (Å²) in [5.41, 5.74) is 1.51. The van der Waals surface area contributed by atoms with E-state index in [1.165, 1.54) is 7.11 Å². The lowest BCUT2D eigenvalue weighted by Gasteiger charge is -2.09. The molecule has 1 aromatic heterocycles. The fourth-order valence-electron chi connectivity index (χ4n) is 1.65. The van der Waals surface area contributed by atoms with Crippen LogP contribution in [-0.4, -0.2) is 18.0 Å². The van der Waals surface area contributed by atoms with E-state index in [-0.39, 0.29) is 5.91 Å². The number of benzene rings is 1. The van der Waals surface area contributed by atoms with E-state index < -0.39 is 0 Å². The van der Waals surface area contributed by atoms with Gasteiger partial charge in [-0.25, -0.2) is 4.98 Å². The number of methoxy groups -OCH3 is 1. The van der Waals surface area contributed by atoms with Crippen molar-refractivity contribution in [1.29, 1.82) is 0 Å². The molecule has 0 unspecified atom stereocenters. The van der Waals surface area contributed by atoms with Gasteiger partial charge in [-0.15, -0.1) is 0 Å². The number of rotatable bonds is 4. The van der Waals surface area contributed by atoms with Gasteiger partial charge in [0.05, 0.1) is 13.5 Å². The highest BCUT2D eigenvalue weighted by Crippen LogP contribution is 2.24. The van der Waals surface area contributed by atoms with Crippen LogP contribution in [0.3, 0.4) is 0 Å². The molecule has 0 saturated heterocycles. The molecule has 1 amide bonds. The Bertz CT molecular complexity index is 573. The van der Waals surface area contributed by atoms with Crippen molar-refractivity contribution in [1.82, 2.24) is 4.98 Å². The molecule has 5 heteroatoms. The van der Waals surface area contributed by atoms with Gasteiger partial charge in [0.25, 0.3) is 0 Å². The van der Waals surface area contributed by atoms with Crippen molar-refractivity contribution < 1.29 is 9.53 Å². The van der Waals surface area contributed by atoms with E-state index in [9.17, 15) is 4.79 Å². The van der Waals surface area contributed by atoms with Gasteiger partial charge in [-0.1, -0.05) is 30.3 Å². The number of nitrogens with zero attached hydrogens (tertiary/aromatic N) is 1. The van der Waals surface area contributed by atoms with Crippen LogP contribution in [0, 0.1) is 0 Å². The number of carbonyl (C=O) groups is 1. The first-order valence-electron chi connectivity index (χ1n) is 5.72. The van der Waals surface area contributed by atoms with Crippen LogP contribution in [-0.2, 0) is 11.2 Å². The summed E-state index contributed by atoms with van der Waals surface area (Å²) in [5, 5.41) is 2.79. The molecule has 0 bridgehead atoms. The van der Waals surface area contributed by atoms with E-state index in [2.05, 4.69) is 26.2 Å². The minimum atomic E-state index is -0.107. The average Bonchev–Trinajstić information content (AvgIpc) is 2.40. The van der Waals surface area contributed by atoms with Crippen molar-refractivity contribution in [3.8, 4) is 5.88 Å². The van der Waals surface area contributed by atoms with Crippen LogP contribution in [0.25, 0.3) is 0 Å². The first kappa shape index (κ1) is 13.5. The van der Waals surface area contributed by atoms with Crippen molar-refractivity contribution in [2.24, 2.45) is 0 Å². The molecule has 0 aliphatic rings. The van der Waals surface area contributed by atoms with Gasteiger partial charge >= 0.3 is 0 Å². The van der Waals surface area contributed by atoms with Crippen LogP contribution < -0.4 is 10.1 Å². The van der Waals surface area contributed by atoms with E-state index in [0.717, 1.165) is 10.0 Å². The summed E-state index contributed by atoms with van der Waals surface area (Å²) >= 11 is 3.31. The summed E-state index contributed by atoms with van der Waals surface area (Å²) in [5.74, 6) is 0.286. The predicted molar refractivity (Wildman–Crippen MR) is 77.3 cm³/mol. The molecule has 0 saturated carbocycles. The Morgan fingerprint density at radius 3 is 2.79 bits per heavy atom. The van der Waals surface area contributed by atoms with Gasteiger partial charge in [0.15, 0.2) is 0 Å². The molecule has 1 N–H and O–H groups in total. The van der Waals surface area contributed by atoms with E-state index in [0.29, 0.717) is 18.0 Å². The predicted octanol–water partition coefficient (Wildman–Crippen LogP) is 3.03. The van der Waals surface area contributed by atoms with Crippen LogP contribution in [0.5, 0.6) is 5.88 Å². The Balaban J connectivity index is 2.09. The largest absolute Gasteiger partial charge is 0.480 e. The molecular formula is C14H13BrN2O2. The summed E-state index contributed by atoms with van der Waals surface area (Å²) in [7, 11) is 1.52. The van der Waals surface area contributed by atoms with Gasteiger partial charge in [0.1, 0.15) is 5.69 Å². The average molecular weight is 321 g/mol. The van der Waals surface area contributed by atoms with Crippen LogP contribution >= 0.6 is 15.9 Å². The van der Waals surface area contributed by atoms with Crippen LogP contribution in [0.4, 0.5) is 5.69 Å². The third kappa shape index (κ3) is 3.79.